The van der Waals surface area contributed by atoms with Crippen LogP contribution in [0, 0.1) is 6.92 Å². The summed E-state index contributed by atoms with van der Waals surface area (Å²) in [6.07, 6.45) is 0. The zero-order valence-corrected chi connectivity index (χ0v) is 12.6. The van der Waals surface area contributed by atoms with Gasteiger partial charge in [-0.05, 0) is 36.4 Å². The van der Waals surface area contributed by atoms with Crippen LogP contribution in [0.4, 0.5) is 0 Å². The van der Waals surface area contributed by atoms with Crippen molar-refractivity contribution in [2.45, 2.75) is 17.5 Å². The summed E-state index contributed by atoms with van der Waals surface area (Å²) >= 11 is 3.29. The normalized spacial score (nSPS) is 19.4. The molecule has 3 heterocycles. The smallest absolute Gasteiger partial charge is 0.335 e. The Labute approximate surface area is 128 Å². The summed E-state index contributed by atoms with van der Waals surface area (Å²) < 4.78 is 2.01. The second kappa shape index (κ2) is 4.54. The van der Waals surface area contributed by atoms with Crippen LogP contribution in [-0.2, 0) is 0 Å². The first-order chi connectivity index (χ1) is 10.1. The minimum absolute atomic E-state index is 0.0753. The SMILES string of the molecule is Cc1nnc2n1N1C(=CSC1c1ccc(C(=O)O)cc1)S2. The lowest BCUT2D eigenvalue weighted by atomic mass is 10.1. The lowest BCUT2D eigenvalue weighted by Gasteiger charge is -2.25. The molecule has 8 heteroatoms. The highest BCUT2D eigenvalue weighted by Gasteiger charge is 2.38. The number of fused-ring (bicyclic) bond motifs is 3. The number of thioether (sulfide) groups is 2. The summed E-state index contributed by atoms with van der Waals surface area (Å²) in [4.78, 5) is 10.9. The zero-order chi connectivity index (χ0) is 14.6. The second-order valence-corrected chi connectivity index (χ2v) is 6.60. The highest BCUT2D eigenvalue weighted by Crippen LogP contribution is 2.50. The van der Waals surface area contributed by atoms with Gasteiger partial charge in [-0.3, -0.25) is 5.01 Å². The highest BCUT2D eigenvalue weighted by molar-refractivity contribution is 8.07. The molecule has 0 amide bonds. The van der Waals surface area contributed by atoms with E-state index < -0.39 is 5.97 Å². The first kappa shape index (κ1) is 12.8. The van der Waals surface area contributed by atoms with Gasteiger partial charge in [0.05, 0.1) is 5.56 Å². The van der Waals surface area contributed by atoms with E-state index in [1.54, 1.807) is 35.7 Å². The van der Waals surface area contributed by atoms with E-state index in [0.29, 0.717) is 5.56 Å². The highest BCUT2D eigenvalue weighted by atomic mass is 32.2. The molecule has 0 saturated carbocycles. The second-order valence-electron chi connectivity index (χ2n) is 4.66. The van der Waals surface area contributed by atoms with Gasteiger partial charge in [0, 0.05) is 5.41 Å². The molecule has 2 aliphatic heterocycles. The molecule has 0 fully saturated rings. The van der Waals surface area contributed by atoms with Crippen molar-refractivity contribution < 1.29 is 9.90 Å². The molecule has 0 aliphatic carbocycles. The van der Waals surface area contributed by atoms with Crippen LogP contribution >= 0.6 is 23.5 Å². The van der Waals surface area contributed by atoms with Crippen molar-refractivity contribution in [1.82, 2.24) is 14.9 Å². The molecule has 2 aliphatic rings. The van der Waals surface area contributed by atoms with Crippen molar-refractivity contribution in [3.8, 4) is 0 Å². The van der Waals surface area contributed by atoms with Gasteiger partial charge in [-0.1, -0.05) is 23.9 Å². The summed E-state index contributed by atoms with van der Waals surface area (Å²) in [5.74, 6) is -0.0661. The summed E-state index contributed by atoms with van der Waals surface area (Å²) in [6, 6.07) is 7.00. The Morgan fingerprint density at radius 3 is 2.76 bits per heavy atom. The Hall–Kier alpha value is -1.93. The van der Waals surface area contributed by atoms with Crippen molar-refractivity contribution >= 4 is 29.5 Å². The maximum Gasteiger partial charge on any atom is 0.335 e. The predicted molar refractivity (Wildman–Crippen MR) is 80.6 cm³/mol. The number of aryl methyl sites for hydroxylation is 1. The quantitative estimate of drug-likeness (QED) is 0.912. The minimum Gasteiger partial charge on any atom is -0.478 e. The molecule has 1 atom stereocenters. The average Bonchev–Trinajstić information content (AvgIpc) is 3.11. The number of carboxylic acids is 1. The molecule has 1 unspecified atom stereocenters. The van der Waals surface area contributed by atoms with Crippen LogP contribution in [0.1, 0.15) is 27.1 Å². The van der Waals surface area contributed by atoms with Gasteiger partial charge in [0.15, 0.2) is 5.82 Å². The van der Waals surface area contributed by atoms with Crippen LogP contribution in [0.3, 0.4) is 0 Å². The van der Waals surface area contributed by atoms with Crippen LogP contribution < -0.4 is 5.01 Å². The van der Waals surface area contributed by atoms with E-state index >= 15 is 0 Å². The topological polar surface area (TPSA) is 71.2 Å². The van der Waals surface area contributed by atoms with E-state index in [2.05, 4.69) is 20.6 Å². The number of nitrogens with zero attached hydrogens (tertiary/aromatic N) is 4. The van der Waals surface area contributed by atoms with Crippen molar-refractivity contribution in [2.24, 2.45) is 0 Å². The fourth-order valence-corrected chi connectivity index (χ4v) is 4.65. The number of hydrogen-bond donors (Lipinski definition) is 1. The Morgan fingerprint density at radius 1 is 1.29 bits per heavy atom. The third-order valence-electron chi connectivity index (χ3n) is 3.37. The van der Waals surface area contributed by atoms with Gasteiger partial charge in [0.2, 0.25) is 5.16 Å². The molecule has 1 aromatic carbocycles. The number of rotatable bonds is 2. The van der Waals surface area contributed by atoms with Crippen LogP contribution in [0.25, 0.3) is 0 Å². The number of benzene rings is 1. The zero-order valence-electron chi connectivity index (χ0n) is 10.9. The molecule has 0 bridgehead atoms. The van der Waals surface area contributed by atoms with E-state index in [4.69, 9.17) is 5.11 Å². The number of aromatic nitrogens is 3. The van der Waals surface area contributed by atoms with E-state index in [-0.39, 0.29) is 5.37 Å². The van der Waals surface area contributed by atoms with Gasteiger partial charge in [-0.15, -0.1) is 10.2 Å². The van der Waals surface area contributed by atoms with Crippen LogP contribution in [0.2, 0.25) is 0 Å². The van der Waals surface area contributed by atoms with E-state index in [1.165, 1.54) is 0 Å². The van der Waals surface area contributed by atoms with Gasteiger partial charge in [-0.2, -0.15) is 0 Å². The molecular weight excluding hydrogens is 308 g/mol. The van der Waals surface area contributed by atoms with Crippen molar-refractivity contribution in [2.75, 3.05) is 5.01 Å². The Morgan fingerprint density at radius 2 is 2.05 bits per heavy atom. The molecule has 0 radical (unpaired) electrons. The van der Waals surface area contributed by atoms with Gasteiger partial charge < -0.3 is 5.11 Å². The number of hydrogen-bond acceptors (Lipinski definition) is 6. The summed E-state index contributed by atoms with van der Waals surface area (Å²) in [6.45, 7) is 1.92. The monoisotopic (exact) mass is 318 g/mol. The molecule has 0 saturated heterocycles. The van der Waals surface area contributed by atoms with Crippen LogP contribution in [0.5, 0.6) is 0 Å². The molecule has 21 heavy (non-hydrogen) atoms. The average molecular weight is 318 g/mol. The molecule has 106 valence electrons. The third-order valence-corrected chi connectivity index (χ3v) is 5.56. The molecule has 1 aromatic heterocycles. The molecule has 6 nitrogen and oxygen atoms in total. The van der Waals surface area contributed by atoms with Crippen molar-refractivity contribution in [3.05, 3.63) is 51.7 Å². The Bertz CT molecular complexity index is 769. The third kappa shape index (κ3) is 1.86. The minimum atomic E-state index is -0.909. The predicted octanol–water partition coefficient (Wildman–Crippen LogP) is 2.57. The Kier molecular flexibility index (Phi) is 2.76. The van der Waals surface area contributed by atoms with Crippen LogP contribution in [0.15, 0.2) is 39.9 Å². The lowest BCUT2D eigenvalue weighted by Crippen LogP contribution is -2.30. The van der Waals surface area contributed by atoms with Crippen LogP contribution in [-0.4, -0.2) is 25.9 Å². The molecule has 1 N–H and O–H groups in total. The molecule has 2 aromatic rings. The number of carbonyl (C=O) groups is 1. The summed E-state index contributed by atoms with van der Waals surface area (Å²) in [5.41, 5.74) is 1.35. The van der Waals surface area contributed by atoms with Gasteiger partial charge in [0.1, 0.15) is 10.4 Å². The number of carboxylic acid groups (broad SMARTS) is 1. The largest absolute Gasteiger partial charge is 0.478 e. The molecular formula is C13H10N4O2S2. The number of aromatic carboxylic acids is 1. The fourth-order valence-electron chi connectivity index (χ4n) is 2.38. The molecule has 0 spiro atoms. The maximum atomic E-state index is 10.9. The first-order valence-corrected chi connectivity index (χ1v) is 7.99. The summed E-state index contributed by atoms with van der Waals surface area (Å²) in [5, 5.41) is 23.6. The van der Waals surface area contributed by atoms with E-state index in [0.717, 1.165) is 21.6 Å². The van der Waals surface area contributed by atoms with Gasteiger partial charge in [0.25, 0.3) is 0 Å². The fraction of sp³-hybridized carbons (Fsp3) is 0.154. The van der Waals surface area contributed by atoms with Crippen molar-refractivity contribution in [3.63, 3.8) is 0 Å². The first-order valence-electron chi connectivity index (χ1n) is 6.23. The maximum absolute atomic E-state index is 10.9. The van der Waals surface area contributed by atoms with E-state index in [9.17, 15) is 4.79 Å². The van der Waals surface area contributed by atoms with Gasteiger partial charge >= 0.3 is 5.97 Å². The summed E-state index contributed by atoms with van der Waals surface area (Å²) in [7, 11) is 0. The molecule has 4 rings (SSSR count). The van der Waals surface area contributed by atoms with Gasteiger partial charge in [-0.25, -0.2) is 9.47 Å². The Balaban J connectivity index is 1.71. The van der Waals surface area contributed by atoms with E-state index in [1.807, 2.05) is 23.7 Å². The van der Waals surface area contributed by atoms with Crippen molar-refractivity contribution in [1.29, 1.82) is 0 Å². The lowest BCUT2D eigenvalue weighted by molar-refractivity contribution is 0.0697. The standard InChI is InChI=1S/C13H10N4O2S2/c1-7-14-15-13-16(7)17-10(21-13)6-20-11(17)8-2-4-9(5-3-8)12(18)19/h2-6,11H,1H3,(H,18,19).